The van der Waals surface area contributed by atoms with Crippen LogP contribution >= 0.6 is 0 Å². The summed E-state index contributed by atoms with van der Waals surface area (Å²) in [5, 5.41) is 8.76. The number of ether oxygens (including phenoxy) is 2. The van der Waals surface area contributed by atoms with Gasteiger partial charge in [-0.15, -0.1) is 0 Å². The first-order chi connectivity index (χ1) is 13.8. The fourth-order valence-corrected chi connectivity index (χ4v) is 3.17. The highest BCUT2D eigenvalue weighted by Gasteiger charge is 2.15. The third-order valence-electron chi connectivity index (χ3n) is 4.56. The van der Waals surface area contributed by atoms with Gasteiger partial charge >= 0.3 is 0 Å². The van der Waals surface area contributed by atoms with Crippen molar-refractivity contribution in [1.82, 2.24) is 9.97 Å². The Morgan fingerprint density at radius 3 is 2.54 bits per heavy atom. The molecule has 0 spiro atoms. The van der Waals surface area contributed by atoms with Crippen LogP contribution in [0.15, 0.2) is 67.0 Å². The average Bonchev–Trinajstić information content (AvgIpc) is 3.19. The molecule has 0 radical (unpaired) electrons. The van der Waals surface area contributed by atoms with Crippen molar-refractivity contribution in [2.45, 2.75) is 0 Å². The van der Waals surface area contributed by atoms with Gasteiger partial charge in [0.05, 0.1) is 0 Å². The first kappa shape index (κ1) is 16.2. The highest BCUT2D eigenvalue weighted by molar-refractivity contribution is 5.96. The van der Waals surface area contributed by atoms with Gasteiger partial charge in [0.15, 0.2) is 23.1 Å². The van der Waals surface area contributed by atoms with E-state index >= 15 is 0 Å². The maximum absolute atomic E-state index is 6.33. The predicted octanol–water partition coefficient (Wildman–Crippen LogP) is 4.43. The van der Waals surface area contributed by atoms with Crippen molar-refractivity contribution >= 4 is 39.5 Å². The van der Waals surface area contributed by atoms with Crippen molar-refractivity contribution in [3.63, 3.8) is 0 Å². The van der Waals surface area contributed by atoms with Crippen LogP contribution in [0.4, 0.5) is 28.7 Å². The van der Waals surface area contributed by atoms with Crippen LogP contribution in [0.5, 0.6) is 11.5 Å². The van der Waals surface area contributed by atoms with E-state index in [0.717, 1.165) is 27.9 Å². The van der Waals surface area contributed by atoms with Crippen molar-refractivity contribution in [1.29, 1.82) is 0 Å². The topological polar surface area (TPSA) is 94.3 Å². The Balaban J connectivity index is 1.45. The van der Waals surface area contributed by atoms with E-state index in [1.54, 1.807) is 0 Å². The van der Waals surface area contributed by atoms with Gasteiger partial charge in [0.25, 0.3) is 0 Å². The van der Waals surface area contributed by atoms with Crippen molar-refractivity contribution < 1.29 is 9.47 Å². The molecule has 0 aliphatic carbocycles. The van der Waals surface area contributed by atoms with Crippen molar-refractivity contribution in [2.24, 2.45) is 0 Å². The highest BCUT2D eigenvalue weighted by atomic mass is 16.7. The number of aromatic nitrogens is 2. The summed E-state index contributed by atoms with van der Waals surface area (Å²) >= 11 is 0. The molecule has 138 valence electrons. The minimum Gasteiger partial charge on any atom is -0.454 e. The molecule has 0 fully saturated rings. The monoisotopic (exact) mass is 371 g/mol. The number of benzene rings is 3. The van der Waals surface area contributed by atoms with Crippen LogP contribution in [-0.4, -0.2) is 16.8 Å². The van der Waals surface area contributed by atoms with E-state index in [-0.39, 0.29) is 6.79 Å². The van der Waals surface area contributed by atoms with Gasteiger partial charge in [-0.3, -0.25) is 0 Å². The summed E-state index contributed by atoms with van der Waals surface area (Å²) < 4.78 is 10.7. The number of anilines is 5. The number of nitrogens with zero attached hydrogens (tertiary/aromatic N) is 2. The Morgan fingerprint density at radius 2 is 1.61 bits per heavy atom. The molecule has 2 heterocycles. The summed E-state index contributed by atoms with van der Waals surface area (Å²) in [5.41, 5.74) is 8.48. The third kappa shape index (κ3) is 2.88. The summed E-state index contributed by atoms with van der Waals surface area (Å²) in [6.45, 7) is 0.230. The van der Waals surface area contributed by atoms with Crippen LogP contribution in [-0.2, 0) is 0 Å². The Labute approximate surface area is 161 Å². The quantitative estimate of drug-likeness (QED) is 0.488. The number of rotatable bonds is 4. The van der Waals surface area contributed by atoms with E-state index in [4.69, 9.17) is 15.2 Å². The molecule has 1 aromatic heterocycles. The number of nitrogens with one attached hydrogen (secondary N) is 2. The predicted molar refractivity (Wildman–Crippen MR) is 110 cm³/mol. The Kier molecular flexibility index (Phi) is 3.83. The molecule has 28 heavy (non-hydrogen) atoms. The second-order valence-corrected chi connectivity index (χ2v) is 6.33. The molecular weight excluding hydrogens is 354 g/mol. The molecule has 1 aliphatic rings. The van der Waals surface area contributed by atoms with Crippen LogP contribution in [0.1, 0.15) is 0 Å². The Hall–Kier alpha value is -4.00. The molecule has 0 unspecified atom stereocenters. The standard InChI is InChI=1S/C21H17N5O2/c22-19-20(25-14-8-9-17-18(10-14)28-12-27-17)23-11-24-21(19)26-16-7-3-5-13-4-1-2-6-15(13)16/h1-11H,12,22H2,(H2,23,24,25,26). The molecule has 7 heteroatoms. The second-order valence-electron chi connectivity index (χ2n) is 6.33. The van der Waals surface area contributed by atoms with Gasteiger partial charge < -0.3 is 25.8 Å². The molecule has 0 saturated heterocycles. The maximum atomic E-state index is 6.33. The number of nitrogens with two attached hydrogens (primary N) is 1. The normalized spacial score (nSPS) is 12.1. The van der Waals surface area contributed by atoms with Gasteiger partial charge in [0.1, 0.15) is 12.0 Å². The largest absolute Gasteiger partial charge is 0.454 e. The zero-order valence-electron chi connectivity index (χ0n) is 14.8. The minimum absolute atomic E-state index is 0.230. The number of fused-ring (bicyclic) bond motifs is 2. The molecule has 4 N–H and O–H groups in total. The van der Waals surface area contributed by atoms with Gasteiger partial charge in [-0.1, -0.05) is 36.4 Å². The molecular formula is C21H17N5O2. The lowest BCUT2D eigenvalue weighted by molar-refractivity contribution is 0.174. The molecule has 5 rings (SSSR count). The lowest BCUT2D eigenvalue weighted by Crippen LogP contribution is -2.05. The third-order valence-corrected chi connectivity index (χ3v) is 4.56. The van der Waals surface area contributed by atoms with E-state index in [9.17, 15) is 0 Å². The van der Waals surface area contributed by atoms with Crippen LogP contribution in [0.2, 0.25) is 0 Å². The Bertz CT molecular complexity index is 1170. The smallest absolute Gasteiger partial charge is 0.231 e. The van der Waals surface area contributed by atoms with Gasteiger partial charge in [0.2, 0.25) is 6.79 Å². The van der Waals surface area contributed by atoms with Gasteiger partial charge in [0, 0.05) is 22.8 Å². The number of nitrogen functional groups attached to an aromatic ring is 1. The zero-order chi connectivity index (χ0) is 18.9. The van der Waals surface area contributed by atoms with E-state index in [0.29, 0.717) is 23.1 Å². The van der Waals surface area contributed by atoms with E-state index < -0.39 is 0 Å². The lowest BCUT2D eigenvalue weighted by atomic mass is 10.1. The lowest BCUT2D eigenvalue weighted by Gasteiger charge is -2.14. The van der Waals surface area contributed by atoms with E-state index in [2.05, 4.69) is 38.8 Å². The molecule has 0 saturated carbocycles. The fraction of sp³-hybridized carbons (Fsp3) is 0.0476. The van der Waals surface area contributed by atoms with Gasteiger partial charge in [-0.25, -0.2) is 9.97 Å². The second kappa shape index (κ2) is 6.62. The van der Waals surface area contributed by atoms with Crippen LogP contribution in [0.25, 0.3) is 10.8 Å². The number of hydrogen-bond donors (Lipinski definition) is 3. The Morgan fingerprint density at radius 1 is 0.821 bits per heavy atom. The molecule has 0 atom stereocenters. The van der Waals surface area contributed by atoms with E-state index in [1.165, 1.54) is 6.33 Å². The first-order valence-corrected chi connectivity index (χ1v) is 8.80. The van der Waals surface area contributed by atoms with Crippen LogP contribution in [0, 0.1) is 0 Å². The van der Waals surface area contributed by atoms with Crippen LogP contribution in [0.3, 0.4) is 0 Å². The number of hydrogen-bond acceptors (Lipinski definition) is 7. The zero-order valence-corrected chi connectivity index (χ0v) is 14.8. The van der Waals surface area contributed by atoms with Crippen molar-refractivity contribution in [3.8, 4) is 11.5 Å². The summed E-state index contributed by atoms with van der Waals surface area (Å²) in [6, 6.07) is 19.8. The summed E-state index contributed by atoms with van der Waals surface area (Å²) in [6.07, 6.45) is 1.47. The van der Waals surface area contributed by atoms with Crippen molar-refractivity contribution in [2.75, 3.05) is 23.2 Å². The molecule has 3 aromatic carbocycles. The average molecular weight is 371 g/mol. The fourth-order valence-electron chi connectivity index (χ4n) is 3.17. The molecule has 7 nitrogen and oxygen atoms in total. The van der Waals surface area contributed by atoms with Gasteiger partial charge in [-0.2, -0.15) is 0 Å². The summed E-state index contributed by atoms with van der Waals surface area (Å²) in [5.74, 6) is 2.46. The van der Waals surface area contributed by atoms with Crippen LogP contribution < -0.4 is 25.8 Å². The summed E-state index contributed by atoms with van der Waals surface area (Å²) in [4.78, 5) is 8.58. The highest BCUT2D eigenvalue weighted by Crippen LogP contribution is 2.36. The molecule has 1 aliphatic heterocycles. The van der Waals surface area contributed by atoms with Gasteiger partial charge in [-0.05, 0) is 23.6 Å². The summed E-state index contributed by atoms with van der Waals surface area (Å²) in [7, 11) is 0. The minimum atomic E-state index is 0.230. The first-order valence-electron chi connectivity index (χ1n) is 8.80. The maximum Gasteiger partial charge on any atom is 0.231 e. The SMILES string of the molecule is Nc1c(Nc2ccc3c(c2)OCO3)ncnc1Nc1cccc2ccccc12. The van der Waals surface area contributed by atoms with Crippen molar-refractivity contribution in [3.05, 3.63) is 67.0 Å². The van der Waals surface area contributed by atoms with E-state index in [1.807, 2.05) is 42.5 Å². The molecule has 0 amide bonds. The molecule has 4 aromatic rings. The molecule has 0 bridgehead atoms.